The fraction of sp³-hybridized carbons (Fsp3) is 0.486. The van der Waals surface area contributed by atoms with Gasteiger partial charge in [0.15, 0.2) is 5.82 Å². The van der Waals surface area contributed by atoms with Crippen molar-refractivity contribution in [3.8, 4) is 23.2 Å². The number of carbonyl (C=O) groups is 2. The number of nitrogens with zero attached hydrogens (tertiary/aromatic N) is 6. The number of methoxy groups -OCH3 is 1. The minimum absolute atomic E-state index is 0.0347. The molecule has 19 heteroatoms. The number of hydrogen-bond donors (Lipinski definition) is 2. The summed E-state index contributed by atoms with van der Waals surface area (Å²) in [5, 5.41) is 21.6. The van der Waals surface area contributed by atoms with Crippen LogP contribution in [0.2, 0.25) is 0 Å². The first-order valence-corrected chi connectivity index (χ1v) is 18.5. The summed E-state index contributed by atoms with van der Waals surface area (Å²) in [6, 6.07) is 2.54. The number of nitrogens with one attached hydrogen (secondary N) is 1. The monoisotopic (exact) mass is 805 g/mol. The molecular formula is C37H40F5N7O6S. The van der Waals surface area contributed by atoms with Gasteiger partial charge in [-0.05, 0) is 71.3 Å². The first-order chi connectivity index (χ1) is 26.3. The van der Waals surface area contributed by atoms with E-state index in [0.717, 1.165) is 31.5 Å². The molecule has 2 saturated heterocycles. The number of rotatable bonds is 9. The molecule has 0 spiro atoms. The number of carbonyl (C=O) groups excluding carboxylic acids is 1. The van der Waals surface area contributed by atoms with E-state index in [9.17, 15) is 20.0 Å². The molecule has 2 aliphatic rings. The molecule has 13 nitrogen and oxygen atoms in total. The van der Waals surface area contributed by atoms with Gasteiger partial charge in [-0.25, -0.2) is 18.4 Å². The Morgan fingerprint density at radius 1 is 1.14 bits per heavy atom. The molecule has 3 unspecified atom stereocenters. The summed E-state index contributed by atoms with van der Waals surface area (Å²) in [7, 11) is 4.82. The summed E-state index contributed by atoms with van der Waals surface area (Å²) >= 11 is 0.584. The van der Waals surface area contributed by atoms with Crippen molar-refractivity contribution in [1.29, 1.82) is 5.26 Å². The third-order valence-corrected chi connectivity index (χ3v) is 11.1. The van der Waals surface area contributed by atoms with Gasteiger partial charge in [-0.1, -0.05) is 6.07 Å². The van der Waals surface area contributed by atoms with Gasteiger partial charge in [0, 0.05) is 43.1 Å². The van der Waals surface area contributed by atoms with Crippen LogP contribution in [0.5, 0.6) is 6.01 Å². The van der Waals surface area contributed by atoms with Crippen LogP contribution in [0.1, 0.15) is 51.2 Å². The van der Waals surface area contributed by atoms with E-state index in [1.807, 2.05) is 13.1 Å². The molecule has 0 saturated carbocycles. The molecular weight excluding hydrogens is 766 g/mol. The highest BCUT2D eigenvalue weighted by Crippen LogP contribution is 2.49. The van der Waals surface area contributed by atoms with Gasteiger partial charge in [0.05, 0.1) is 34.5 Å². The summed E-state index contributed by atoms with van der Waals surface area (Å²) in [5.74, 6) is -2.53. The smallest absolute Gasteiger partial charge is 0.417 e. The average molecular weight is 806 g/mol. The lowest BCUT2D eigenvalue weighted by atomic mass is 9.92. The van der Waals surface area contributed by atoms with Crippen molar-refractivity contribution in [1.82, 2.24) is 19.8 Å². The molecule has 0 bridgehead atoms. The molecule has 3 atom stereocenters. The van der Waals surface area contributed by atoms with Gasteiger partial charge in [0.2, 0.25) is 0 Å². The Hall–Kier alpha value is -5.06. The first kappa shape index (κ1) is 40.6. The number of carboxylic acid groups (broad SMARTS) is 1. The van der Waals surface area contributed by atoms with Crippen LogP contribution in [0.4, 0.5) is 42.4 Å². The molecule has 2 aliphatic heterocycles. The van der Waals surface area contributed by atoms with Gasteiger partial charge in [0.25, 0.3) is 0 Å². The van der Waals surface area contributed by atoms with Crippen molar-refractivity contribution >= 4 is 55.3 Å². The van der Waals surface area contributed by atoms with E-state index in [-0.39, 0.29) is 64.5 Å². The molecule has 300 valence electrons. The fourth-order valence-corrected chi connectivity index (χ4v) is 8.47. The SMILES string of the molecule is COCC1C(N(C)c2nc(OCC3CCCN3C)nc3c(F)c(-c4ccc(F)c5sc(NC(=O)OC(C)(C)C)c(C#N)c45)c(C(F)(F)F)cc23)CCN1C(=O)O. The van der Waals surface area contributed by atoms with Crippen molar-refractivity contribution in [2.45, 2.75) is 69.9 Å². The molecule has 2 N–H and O–H groups in total. The van der Waals surface area contributed by atoms with E-state index in [4.69, 9.17) is 14.2 Å². The Morgan fingerprint density at radius 3 is 2.48 bits per heavy atom. The minimum Gasteiger partial charge on any atom is -0.465 e. The molecule has 0 aliphatic carbocycles. The minimum atomic E-state index is -5.21. The van der Waals surface area contributed by atoms with Gasteiger partial charge < -0.3 is 34.0 Å². The van der Waals surface area contributed by atoms with Crippen LogP contribution < -0.4 is 15.0 Å². The second kappa shape index (κ2) is 15.5. The summed E-state index contributed by atoms with van der Waals surface area (Å²) in [6.45, 7) is 5.74. The van der Waals surface area contributed by atoms with E-state index in [0.29, 0.717) is 17.4 Å². The highest BCUT2D eigenvalue weighted by molar-refractivity contribution is 7.23. The molecule has 6 rings (SSSR count). The van der Waals surface area contributed by atoms with E-state index >= 15 is 22.0 Å². The maximum absolute atomic E-state index is 17.3. The highest BCUT2D eigenvalue weighted by atomic mass is 32.1. The van der Waals surface area contributed by atoms with Crippen LogP contribution >= 0.6 is 11.3 Å². The maximum Gasteiger partial charge on any atom is 0.417 e. The Kier molecular flexibility index (Phi) is 11.2. The number of thiophene rings is 1. The predicted molar refractivity (Wildman–Crippen MR) is 198 cm³/mol. The normalized spacial score (nSPS) is 19.1. The van der Waals surface area contributed by atoms with Crippen LogP contribution in [0, 0.1) is 23.0 Å². The number of hydrogen-bond acceptors (Lipinski definition) is 11. The van der Waals surface area contributed by atoms with E-state index in [2.05, 4.69) is 20.2 Å². The van der Waals surface area contributed by atoms with Gasteiger partial charge in [-0.2, -0.15) is 28.4 Å². The number of aromatic nitrogens is 2. The standard InChI is InChI=1S/C37H40F5N7O6S/c1-36(2,3)55-34(50)46-32-21(15-43)26-19(9-10-23(38)30(26)56-32)27-22(37(40,41)42)14-20-29(28(27)39)44-33(54-16-18-8-7-12-47(18)4)45-31(20)48(5)24-11-13-49(35(51)52)25(24)17-53-6/h9-10,14,18,24-25H,7-8,11-13,16-17H2,1-6H3,(H,46,50)(H,51,52). The second-order valence-corrected chi connectivity index (χ2v) is 15.8. The topological polar surface area (TPSA) is 153 Å². The molecule has 2 aromatic heterocycles. The van der Waals surface area contributed by atoms with Gasteiger partial charge in [0.1, 0.15) is 40.4 Å². The van der Waals surface area contributed by atoms with Crippen molar-refractivity contribution in [3.63, 3.8) is 0 Å². The number of benzene rings is 2. The Balaban J connectivity index is 1.59. The molecule has 2 amide bonds. The molecule has 4 heterocycles. The van der Waals surface area contributed by atoms with Crippen molar-refractivity contribution in [3.05, 3.63) is 41.0 Å². The zero-order valence-electron chi connectivity index (χ0n) is 31.4. The second-order valence-electron chi connectivity index (χ2n) is 14.7. The summed E-state index contributed by atoms with van der Waals surface area (Å²) < 4.78 is 94.7. The molecule has 2 aromatic carbocycles. The summed E-state index contributed by atoms with van der Waals surface area (Å²) in [6.07, 6.45) is -5.47. The Morgan fingerprint density at radius 2 is 1.88 bits per heavy atom. The molecule has 56 heavy (non-hydrogen) atoms. The van der Waals surface area contributed by atoms with Crippen molar-refractivity contribution in [2.75, 3.05) is 57.7 Å². The number of fused-ring (bicyclic) bond motifs is 2. The highest BCUT2D eigenvalue weighted by Gasteiger charge is 2.42. The molecule has 0 radical (unpaired) electrons. The number of amides is 2. The van der Waals surface area contributed by atoms with E-state index in [1.54, 1.807) is 20.8 Å². The van der Waals surface area contributed by atoms with Gasteiger partial charge in [-0.3, -0.25) is 5.32 Å². The number of anilines is 2. The van der Waals surface area contributed by atoms with Crippen LogP contribution in [0.15, 0.2) is 18.2 Å². The number of alkyl halides is 3. The van der Waals surface area contributed by atoms with E-state index < -0.39 is 75.5 Å². The molecule has 4 aromatic rings. The number of ether oxygens (including phenoxy) is 3. The summed E-state index contributed by atoms with van der Waals surface area (Å²) in [5.41, 5.74) is -4.89. The number of likely N-dealkylation sites (N-methyl/N-ethyl adjacent to an activating group) is 2. The third-order valence-electron chi connectivity index (χ3n) is 9.98. The quantitative estimate of drug-likeness (QED) is 0.160. The summed E-state index contributed by atoms with van der Waals surface area (Å²) in [4.78, 5) is 38.3. The van der Waals surface area contributed by atoms with E-state index in [1.165, 1.54) is 24.0 Å². The zero-order chi connectivity index (χ0) is 40.9. The maximum atomic E-state index is 17.3. The van der Waals surface area contributed by atoms with Crippen molar-refractivity contribution in [2.24, 2.45) is 0 Å². The lowest BCUT2D eigenvalue weighted by molar-refractivity contribution is -0.137. The number of likely N-dealkylation sites (tertiary alicyclic amines) is 2. The van der Waals surface area contributed by atoms with Gasteiger partial charge >= 0.3 is 24.4 Å². The predicted octanol–water partition coefficient (Wildman–Crippen LogP) is 7.70. The zero-order valence-corrected chi connectivity index (χ0v) is 32.2. The van der Waals surface area contributed by atoms with Crippen LogP contribution in [0.25, 0.3) is 32.1 Å². The lowest BCUT2D eigenvalue weighted by Gasteiger charge is -2.33. The molecule has 2 fully saturated rings. The average Bonchev–Trinajstić information content (AvgIpc) is 3.83. The van der Waals surface area contributed by atoms with Gasteiger partial charge in [-0.15, -0.1) is 11.3 Å². The third kappa shape index (κ3) is 7.82. The first-order valence-electron chi connectivity index (χ1n) is 17.7. The Labute approximate surface area is 322 Å². The van der Waals surface area contributed by atoms with Crippen LogP contribution in [-0.2, 0) is 15.7 Å². The number of nitriles is 1. The Bertz CT molecular complexity index is 2220. The number of halogens is 5. The van der Waals surface area contributed by atoms with Crippen LogP contribution in [-0.4, -0.2) is 108 Å². The largest absolute Gasteiger partial charge is 0.465 e. The lowest BCUT2D eigenvalue weighted by Crippen LogP contribution is -2.48. The van der Waals surface area contributed by atoms with Crippen LogP contribution in [0.3, 0.4) is 0 Å². The fourth-order valence-electron chi connectivity index (χ4n) is 7.40. The van der Waals surface area contributed by atoms with Crippen molar-refractivity contribution < 1.29 is 50.9 Å².